The van der Waals surface area contributed by atoms with Gasteiger partial charge in [0.05, 0.1) is 15.4 Å². The molecule has 134 valence electrons. The number of nitrogens with zero attached hydrogens (tertiary/aromatic N) is 2. The summed E-state index contributed by atoms with van der Waals surface area (Å²) in [6.07, 6.45) is 1.63. The van der Waals surface area contributed by atoms with Crippen LogP contribution < -0.4 is 0 Å². The molecule has 10 heteroatoms. The first-order valence-corrected chi connectivity index (χ1v) is 11.1. The van der Waals surface area contributed by atoms with Crippen LogP contribution in [-0.2, 0) is 31.9 Å². The van der Waals surface area contributed by atoms with Crippen molar-refractivity contribution in [2.75, 3.05) is 12.5 Å². The highest BCUT2D eigenvalue weighted by Crippen LogP contribution is 2.44. The van der Waals surface area contributed by atoms with E-state index in [1.807, 2.05) is 0 Å². The number of hydrogen-bond acceptors (Lipinski definition) is 6. The molecule has 1 aliphatic rings. The van der Waals surface area contributed by atoms with Crippen molar-refractivity contribution < 1.29 is 21.4 Å². The topological polar surface area (TPSA) is 101 Å². The van der Waals surface area contributed by atoms with E-state index in [4.69, 9.17) is 4.78 Å². The van der Waals surface area contributed by atoms with Gasteiger partial charge in [-0.25, -0.2) is 27.4 Å². The van der Waals surface area contributed by atoms with Crippen molar-refractivity contribution in [3.8, 4) is 11.3 Å². The average molecular weight is 387 g/mol. The second kappa shape index (κ2) is 5.53. The van der Waals surface area contributed by atoms with E-state index in [-0.39, 0.29) is 22.6 Å². The minimum absolute atomic E-state index is 0.00825. The maximum Gasteiger partial charge on any atom is 0.290 e. The Labute approximate surface area is 144 Å². The first-order chi connectivity index (χ1) is 11.4. The Hall–Kier alpha value is -1.94. The molecule has 1 N–H and O–H groups in total. The molecule has 1 unspecified atom stereocenters. The molecule has 6 nitrogen and oxygen atoms in total. The molecule has 1 aliphatic carbocycles. The first-order valence-electron chi connectivity index (χ1n) is 7.23. The molecule has 0 fully saturated rings. The summed E-state index contributed by atoms with van der Waals surface area (Å²) in [4.78, 5) is 7.79. The van der Waals surface area contributed by atoms with Crippen LogP contribution in [0.3, 0.4) is 0 Å². The minimum Gasteiger partial charge on any atom is -0.249 e. The molecule has 2 aromatic rings. The Bertz CT molecular complexity index is 1080. The predicted octanol–water partition coefficient (Wildman–Crippen LogP) is 2.62. The van der Waals surface area contributed by atoms with Crippen molar-refractivity contribution in [3.05, 3.63) is 35.5 Å². The third-order valence-corrected chi connectivity index (χ3v) is 5.91. The molecule has 0 radical (unpaired) electrons. The summed E-state index contributed by atoms with van der Waals surface area (Å²) in [6, 6.07) is 6.00. The summed E-state index contributed by atoms with van der Waals surface area (Å²) < 4.78 is 71.5. The summed E-state index contributed by atoms with van der Waals surface area (Å²) in [5.74, 6) is -3.22. The van der Waals surface area contributed by atoms with Gasteiger partial charge in [-0.15, -0.1) is 0 Å². The average Bonchev–Trinajstić information content (AvgIpc) is 2.80. The zero-order valence-corrected chi connectivity index (χ0v) is 15.0. The van der Waals surface area contributed by atoms with Gasteiger partial charge in [-0.1, -0.05) is 12.1 Å². The highest BCUT2D eigenvalue weighted by Gasteiger charge is 2.43. The van der Waals surface area contributed by atoms with Crippen LogP contribution in [0.5, 0.6) is 0 Å². The largest absolute Gasteiger partial charge is 0.290 e. The fourth-order valence-electron chi connectivity index (χ4n) is 2.69. The van der Waals surface area contributed by atoms with Gasteiger partial charge in [0.15, 0.2) is 0 Å². The molecule has 1 aromatic carbocycles. The quantitative estimate of drug-likeness (QED) is 0.816. The molecule has 3 rings (SSSR count). The van der Waals surface area contributed by atoms with E-state index < -0.39 is 42.8 Å². The van der Waals surface area contributed by atoms with Crippen LogP contribution in [0.1, 0.15) is 17.7 Å². The zero-order chi connectivity index (χ0) is 18.6. The van der Waals surface area contributed by atoms with E-state index >= 15 is 0 Å². The van der Waals surface area contributed by atoms with E-state index in [1.54, 1.807) is 6.07 Å². The third-order valence-electron chi connectivity index (χ3n) is 3.91. The van der Waals surface area contributed by atoms with Crippen LogP contribution in [-0.4, -0.2) is 35.1 Å². The molecule has 25 heavy (non-hydrogen) atoms. The number of rotatable bonds is 3. The van der Waals surface area contributed by atoms with Gasteiger partial charge in [-0.05, 0) is 18.6 Å². The number of aromatic nitrogens is 2. The molecule has 0 aliphatic heterocycles. The van der Waals surface area contributed by atoms with Gasteiger partial charge in [0.25, 0.3) is 5.92 Å². The predicted molar refractivity (Wildman–Crippen MR) is 87.8 cm³/mol. The lowest BCUT2D eigenvalue weighted by atomic mass is 10.1. The number of fused-ring (bicyclic) bond motifs is 1. The lowest BCUT2D eigenvalue weighted by molar-refractivity contribution is -0.00652. The maximum atomic E-state index is 14.1. The number of halogens is 2. The summed E-state index contributed by atoms with van der Waals surface area (Å²) in [6.45, 7) is 0. The zero-order valence-electron chi connectivity index (χ0n) is 13.4. The van der Waals surface area contributed by atoms with Crippen molar-refractivity contribution in [3.63, 3.8) is 0 Å². The van der Waals surface area contributed by atoms with E-state index in [9.17, 15) is 21.4 Å². The fourth-order valence-corrected chi connectivity index (χ4v) is 3.90. The van der Waals surface area contributed by atoms with E-state index in [0.717, 1.165) is 6.26 Å². The van der Waals surface area contributed by atoms with Gasteiger partial charge >= 0.3 is 0 Å². The van der Waals surface area contributed by atoms with Gasteiger partial charge in [-0.3, -0.25) is 0 Å². The fraction of sp³-hybridized carbons (Fsp3) is 0.333. The van der Waals surface area contributed by atoms with Gasteiger partial charge < -0.3 is 0 Å². The SMILES string of the molecule is CS(=N)(=O)c1cccc(-c2nc(S(C)(=O)=O)nc3c2CCC3(F)F)c1. The Morgan fingerprint density at radius 3 is 2.44 bits per heavy atom. The molecular weight excluding hydrogens is 372 g/mol. The van der Waals surface area contributed by atoms with Gasteiger partial charge in [-0.2, -0.15) is 8.78 Å². The Balaban J connectivity index is 2.33. The molecule has 0 spiro atoms. The highest BCUT2D eigenvalue weighted by molar-refractivity contribution is 7.91. The summed E-state index contributed by atoms with van der Waals surface area (Å²) in [7, 11) is -6.91. The van der Waals surface area contributed by atoms with Crippen molar-refractivity contribution in [1.29, 1.82) is 4.78 Å². The van der Waals surface area contributed by atoms with E-state index in [1.165, 1.54) is 24.5 Å². The van der Waals surface area contributed by atoms with Gasteiger partial charge in [0.1, 0.15) is 5.69 Å². The minimum atomic E-state index is -3.89. The van der Waals surface area contributed by atoms with Crippen LogP contribution in [0.2, 0.25) is 0 Å². The van der Waals surface area contributed by atoms with Crippen molar-refractivity contribution in [2.45, 2.75) is 28.8 Å². The monoisotopic (exact) mass is 387 g/mol. The standard InChI is InChI=1S/C15H15F2N3O3S2/c1-24(18,21)10-5-3-4-9(8-10)12-11-6-7-15(16,17)13(11)20-14(19-12)25(2,22)23/h3-5,8,18H,6-7H2,1-2H3. The molecule has 0 saturated carbocycles. The second-order valence-electron chi connectivity index (χ2n) is 6.03. The molecule has 1 atom stereocenters. The number of alkyl halides is 2. The Morgan fingerprint density at radius 2 is 1.84 bits per heavy atom. The lowest BCUT2D eigenvalue weighted by Crippen LogP contribution is -2.15. The van der Waals surface area contributed by atoms with E-state index in [0.29, 0.717) is 5.56 Å². The molecule has 0 amide bonds. The summed E-state index contributed by atoms with van der Waals surface area (Å²) >= 11 is 0. The molecular formula is C15H15F2N3O3S2. The maximum absolute atomic E-state index is 14.1. The molecule has 0 saturated heterocycles. The Morgan fingerprint density at radius 1 is 1.16 bits per heavy atom. The third kappa shape index (κ3) is 3.28. The summed E-state index contributed by atoms with van der Waals surface area (Å²) in [5, 5.41) is -0.670. The molecule has 0 bridgehead atoms. The number of benzene rings is 1. The summed E-state index contributed by atoms with van der Waals surface area (Å²) in [5.41, 5.74) is 0.0160. The molecule has 1 aromatic heterocycles. The van der Waals surface area contributed by atoms with Crippen LogP contribution in [0, 0.1) is 4.78 Å². The van der Waals surface area contributed by atoms with Crippen molar-refractivity contribution >= 4 is 19.6 Å². The normalized spacial score (nSPS) is 18.6. The van der Waals surface area contributed by atoms with Gasteiger partial charge in [0, 0.05) is 35.0 Å². The lowest BCUT2D eigenvalue weighted by Gasteiger charge is -2.13. The van der Waals surface area contributed by atoms with Gasteiger partial charge in [0.2, 0.25) is 15.0 Å². The van der Waals surface area contributed by atoms with Crippen molar-refractivity contribution in [1.82, 2.24) is 9.97 Å². The van der Waals surface area contributed by atoms with Crippen LogP contribution >= 0.6 is 0 Å². The first kappa shape index (κ1) is 17.9. The Kier molecular flexibility index (Phi) is 3.95. The van der Waals surface area contributed by atoms with Crippen LogP contribution in [0.15, 0.2) is 34.3 Å². The smallest absolute Gasteiger partial charge is 0.249 e. The second-order valence-corrected chi connectivity index (χ2v) is 10.1. The van der Waals surface area contributed by atoms with Crippen LogP contribution in [0.4, 0.5) is 8.78 Å². The van der Waals surface area contributed by atoms with Crippen molar-refractivity contribution in [2.24, 2.45) is 0 Å². The number of hydrogen-bond donors (Lipinski definition) is 1. The number of nitrogens with one attached hydrogen (secondary N) is 1. The highest BCUT2D eigenvalue weighted by atomic mass is 32.2. The van der Waals surface area contributed by atoms with Crippen LogP contribution in [0.25, 0.3) is 11.3 Å². The number of sulfone groups is 1. The molecule has 1 heterocycles. The van der Waals surface area contributed by atoms with E-state index in [2.05, 4.69) is 9.97 Å².